The Morgan fingerprint density at radius 3 is 2.63 bits per heavy atom. The molecular formula is C15H12O2S2. The van der Waals surface area contributed by atoms with Gasteiger partial charge in [0.25, 0.3) is 0 Å². The Bertz CT molecular complexity index is 679. The summed E-state index contributed by atoms with van der Waals surface area (Å²) in [7, 11) is 0. The van der Waals surface area contributed by atoms with E-state index in [2.05, 4.69) is 6.07 Å². The Kier molecular flexibility index (Phi) is 3.36. The van der Waals surface area contributed by atoms with Crippen LogP contribution in [0.15, 0.2) is 41.8 Å². The van der Waals surface area contributed by atoms with E-state index in [9.17, 15) is 4.79 Å². The first-order valence-electron chi connectivity index (χ1n) is 6.02. The highest BCUT2D eigenvalue weighted by Crippen LogP contribution is 2.31. The van der Waals surface area contributed by atoms with Gasteiger partial charge in [0.05, 0.1) is 11.5 Å². The van der Waals surface area contributed by atoms with E-state index in [-0.39, 0.29) is 5.78 Å². The van der Waals surface area contributed by atoms with Crippen molar-refractivity contribution in [3.63, 3.8) is 0 Å². The lowest BCUT2D eigenvalue weighted by Crippen LogP contribution is -1.98. The number of carbonyl (C=O) groups excluding carboxylic acids is 1. The molecule has 2 aromatic heterocycles. The van der Waals surface area contributed by atoms with E-state index in [0.29, 0.717) is 12.2 Å². The Balaban J connectivity index is 1.88. The maximum Gasteiger partial charge on any atom is 0.203 e. The predicted octanol–water partition coefficient (Wildman–Crippen LogP) is 4.59. The zero-order chi connectivity index (χ0) is 13.2. The third-order valence-corrected chi connectivity index (χ3v) is 4.88. The molecule has 19 heavy (non-hydrogen) atoms. The number of hydrogen-bond acceptors (Lipinski definition) is 4. The smallest absolute Gasteiger partial charge is 0.203 e. The van der Waals surface area contributed by atoms with Crippen molar-refractivity contribution >= 4 is 37.9 Å². The van der Waals surface area contributed by atoms with Gasteiger partial charge in [0, 0.05) is 15.0 Å². The number of carbonyl (C=O) groups is 1. The summed E-state index contributed by atoms with van der Waals surface area (Å²) in [5.74, 6) is 0.877. The van der Waals surface area contributed by atoms with Crippen molar-refractivity contribution in [3.8, 4) is 5.75 Å². The highest BCUT2D eigenvalue weighted by molar-refractivity contribution is 7.28. The second-order valence-corrected chi connectivity index (χ2v) is 6.08. The van der Waals surface area contributed by atoms with Crippen LogP contribution in [0.25, 0.3) is 9.40 Å². The third kappa shape index (κ3) is 2.41. The maximum absolute atomic E-state index is 12.4. The van der Waals surface area contributed by atoms with Gasteiger partial charge in [-0.2, -0.15) is 0 Å². The van der Waals surface area contributed by atoms with Gasteiger partial charge in [-0.15, -0.1) is 22.7 Å². The van der Waals surface area contributed by atoms with Crippen LogP contribution in [0, 0.1) is 0 Å². The van der Waals surface area contributed by atoms with Crippen LogP contribution in [0.2, 0.25) is 0 Å². The molecule has 0 amide bonds. The first kappa shape index (κ1) is 12.4. The minimum Gasteiger partial charge on any atom is -0.494 e. The van der Waals surface area contributed by atoms with Gasteiger partial charge in [-0.3, -0.25) is 4.79 Å². The Labute approximate surface area is 119 Å². The van der Waals surface area contributed by atoms with Crippen molar-refractivity contribution < 1.29 is 9.53 Å². The first-order chi connectivity index (χ1) is 9.28. The molecule has 2 nitrogen and oxygen atoms in total. The quantitative estimate of drug-likeness (QED) is 0.656. The van der Waals surface area contributed by atoms with Gasteiger partial charge in [-0.1, -0.05) is 0 Å². The fourth-order valence-corrected chi connectivity index (χ4v) is 3.96. The van der Waals surface area contributed by atoms with Crippen LogP contribution in [0.5, 0.6) is 5.75 Å². The van der Waals surface area contributed by atoms with E-state index in [1.165, 1.54) is 9.40 Å². The predicted molar refractivity (Wildman–Crippen MR) is 80.7 cm³/mol. The molecule has 1 aromatic carbocycles. The number of benzene rings is 1. The summed E-state index contributed by atoms with van der Waals surface area (Å²) >= 11 is 3.22. The Morgan fingerprint density at radius 1 is 1.16 bits per heavy atom. The average molecular weight is 288 g/mol. The van der Waals surface area contributed by atoms with E-state index >= 15 is 0 Å². The number of fused-ring (bicyclic) bond motifs is 1. The summed E-state index contributed by atoms with van der Waals surface area (Å²) in [5, 5.41) is 2.05. The molecule has 0 N–H and O–H groups in total. The van der Waals surface area contributed by atoms with E-state index in [1.807, 2.05) is 42.6 Å². The Hall–Kier alpha value is -1.65. The summed E-state index contributed by atoms with van der Waals surface area (Å²) < 4.78 is 7.73. The molecule has 0 saturated heterocycles. The van der Waals surface area contributed by atoms with Gasteiger partial charge >= 0.3 is 0 Å². The van der Waals surface area contributed by atoms with Crippen LogP contribution in [0.4, 0.5) is 0 Å². The lowest BCUT2D eigenvalue weighted by molar-refractivity contribution is 0.104. The van der Waals surface area contributed by atoms with Crippen LogP contribution in [-0.2, 0) is 0 Å². The average Bonchev–Trinajstić information content (AvgIpc) is 3.00. The van der Waals surface area contributed by atoms with Crippen molar-refractivity contribution in [1.29, 1.82) is 0 Å². The van der Waals surface area contributed by atoms with Crippen LogP contribution in [0.1, 0.15) is 22.2 Å². The summed E-state index contributed by atoms with van der Waals surface area (Å²) in [6.45, 7) is 2.58. The van der Waals surface area contributed by atoms with Crippen molar-refractivity contribution in [2.75, 3.05) is 6.61 Å². The molecule has 3 rings (SSSR count). The minimum atomic E-state index is 0.0800. The van der Waals surface area contributed by atoms with Gasteiger partial charge in [0.1, 0.15) is 5.75 Å². The van der Waals surface area contributed by atoms with E-state index in [1.54, 1.807) is 22.7 Å². The van der Waals surface area contributed by atoms with Crippen molar-refractivity contribution in [2.24, 2.45) is 0 Å². The lowest BCUT2D eigenvalue weighted by Gasteiger charge is -2.03. The molecule has 4 heteroatoms. The molecule has 0 spiro atoms. The molecular weight excluding hydrogens is 276 g/mol. The summed E-state index contributed by atoms with van der Waals surface area (Å²) in [4.78, 5) is 13.2. The summed E-state index contributed by atoms with van der Waals surface area (Å²) in [6, 6.07) is 11.4. The fourth-order valence-electron chi connectivity index (χ4n) is 1.89. The van der Waals surface area contributed by atoms with E-state index < -0.39 is 0 Å². The van der Waals surface area contributed by atoms with Gasteiger partial charge in [0.2, 0.25) is 5.78 Å². The molecule has 3 aromatic rings. The Morgan fingerprint density at radius 2 is 1.95 bits per heavy atom. The van der Waals surface area contributed by atoms with Crippen LogP contribution in [-0.4, -0.2) is 12.4 Å². The van der Waals surface area contributed by atoms with E-state index in [0.717, 1.165) is 10.6 Å². The topological polar surface area (TPSA) is 26.3 Å². The molecule has 0 atom stereocenters. The number of thiophene rings is 2. The third-order valence-electron chi connectivity index (χ3n) is 2.79. The van der Waals surface area contributed by atoms with Crippen LogP contribution >= 0.6 is 22.7 Å². The standard InChI is InChI=1S/C15H12O2S2/c1-2-17-11-5-3-10(4-6-11)15(16)14-9-13-12(19-14)7-8-18-13/h3-9H,2H2,1H3. The first-order valence-corrected chi connectivity index (χ1v) is 7.72. The zero-order valence-corrected chi connectivity index (χ0v) is 12.0. The van der Waals surface area contributed by atoms with E-state index in [4.69, 9.17) is 4.74 Å². The molecule has 0 aliphatic rings. The normalized spacial score (nSPS) is 10.8. The number of ketones is 1. The molecule has 0 unspecified atom stereocenters. The van der Waals surface area contributed by atoms with Crippen LogP contribution < -0.4 is 4.74 Å². The number of ether oxygens (including phenoxy) is 1. The highest BCUT2D eigenvalue weighted by atomic mass is 32.1. The van der Waals surface area contributed by atoms with Gasteiger partial charge in [0.15, 0.2) is 0 Å². The van der Waals surface area contributed by atoms with Gasteiger partial charge in [-0.05, 0) is 48.7 Å². The van der Waals surface area contributed by atoms with Crippen molar-refractivity contribution in [1.82, 2.24) is 0 Å². The van der Waals surface area contributed by atoms with Gasteiger partial charge < -0.3 is 4.74 Å². The lowest BCUT2D eigenvalue weighted by atomic mass is 10.1. The maximum atomic E-state index is 12.4. The summed E-state index contributed by atoms with van der Waals surface area (Å²) in [6.07, 6.45) is 0. The largest absolute Gasteiger partial charge is 0.494 e. The molecule has 0 saturated carbocycles. The van der Waals surface area contributed by atoms with Gasteiger partial charge in [-0.25, -0.2) is 0 Å². The fraction of sp³-hybridized carbons (Fsp3) is 0.133. The second-order valence-electron chi connectivity index (χ2n) is 4.05. The molecule has 0 aliphatic heterocycles. The zero-order valence-electron chi connectivity index (χ0n) is 10.4. The molecule has 0 aliphatic carbocycles. The molecule has 2 heterocycles. The summed E-state index contributed by atoms with van der Waals surface area (Å²) in [5.41, 5.74) is 0.706. The number of rotatable bonds is 4. The SMILES string of the molecule is CCOc1ccc(C(=O)c2cc3sccc3s2)cc1. The van der Waals surface area contributed by atoms with Crippen molar-refractivity contribution in [2.45, 2.75) is 6.92 Å². The van der Waals surface area contributed by atoms with Crippen LogP contribution in [0.3, 0.4) is 0 Å². The molecule has 0 radical (unpaired) electrons. The van der Waals surface area contributed by atoms with Crippen molar-refractivity contribution in [3.05, 3.63) is 52.2 Å². The second kappa shape index (κ2) is 5.15. The molecule has 0 bridgehead atoms. The number of hydrogen-bond donors (Lipinski definition) is 0. The monoisotopic (exact) mass is 288 g/mol. The minimum absolute atomic E-state index is 0.0800. The molecule has 0 fully saturated rings. The molecule has 96 valence electrons. The highest BCUT2D eigenvalue weighted by Gasteiger charge is 2.13.